The maximum atomic E-state index is 11.2. The van der Waals surface area contributed by atoms with Crippen LogP contribution in [0.15, 0.2) is 6.08 Å². The van der Waals surface area contributed by atoms with Crippen LogP contribution in [-0.2, 0) is 0 Å². The van der Waals surface area contributed by atoms with E-state index in [1.807, 2.05) is 15.9 Å². The minimum Gasteiger partial charge on any atom is -0.184 e. The molecule has 0 fully saturated rings. The van der Waals surface area contributed by atoms with Crippen LogP contribution in [-0.4, -0.2) is 4.83 Å². The third-order valence-corrected chi connectivity index (χ3v) is 0.453. The van der Waals surface area contributed by atoms with E-state index < -0.39 is 4.83 Å². The van der Waals surface area contributed by atoms with Gasteiger partial charge >= 0.3 is 4.83 Å². The van der Waals surface area contributed by atoms with Gasteiger partial charge in [0.2, 0.25) is 12.7 Å². The second-order valence-electron chi connectivity index (χ2n) is 0.708. The largest absolute Gasteiger partial charge is 0.366 e. The van der Waals surface area contributed by atoms with Gasteiger partial charge < -0.3 is 0 Å². The number of hydrogen-bond acceptors (Lipinski definition) is 0. The molecule has 0 aromatic carbocycles. The van der Waals surface area contributed by atoms with Crippen LogP contribution in [0.25, 0.3) is 0 Å². The summed E-state index contributed by atoms with van der Waals surface area (Å²) >= 11 is 1.96. The Hall–Kier alpha value is -0.0100. The van der Waals surface area contributed by atoms with E-state index >= 15 is 0 Å². The molecule has 0 N–H and O–H groups in total. The lowest BCUT2D eigenvalue weighted by Crippen LogP contribution is -1.95. The predicted octanol–water partition coefficient (Wildman–Crippen LogP) is 1.96. The van der Waals surface area contributed by atoms with Crippen LogP contribution in [0.2, 0.25) is 0 Å². The SMILES string of the molecule is [CH+]=CC(F)(F)Br. The van der Waals surface area contributed by atoms with Crippen molar-refractivity contribution in [2.75, 3.05) is 0 Å². The highest BCUT2D eigenvalue weighted by molar-refractivity contribution is 9.10. The van der Waals surface area contributed by atoms with E-state index in [-0.39, 0.29) is 6.08 Å². The average molecular weight is 156 g/mol. The summed E-state index contributed by atoms with van der Waals surface area (Å²) in [6.45, 7) is 4.38. The third kappa shape index (κ3) is 3.99. The van der Waals surface area contributed by atoms with Gasteiger partial charge in [0.1, 0.15) is 0 Å². The molecular weight excluding hydrogens is 154 g/mol. The molecule has 6 heavy (non-hydrogen) atoms. The molecule has 0 aliphatic heterocycles. The molecule has 0 saturated carbocycles. The smallest absolute Gasteiger partial charge is 0.184 e. The number of halogens is 3. The van der Waals surface area contributed by atoms with Gasteiger partial charge in [-0.15, -0.1) is 0 Å². The van der Waals surface area contributed by atoms with E-state index in [0.29, 0.717) is 0 Å². The Morgan fingerprint density at radius 2 is 1.83 bits per heavy atom. The normalized spacial score (nSPS) is 11.0. The number of alkyl halides is 3. The molecule has 0 aromatic rings. The van der Waals surface area contributed by atoms with Gasteiger partial charge in [-0.3, -0.25) is 0 Å². The zero-order chi connectivity index (χ0) is 5.21. The highest BCUT2D eigenvalue weighted by atomic mass is 79.9. The molecule has 0 radical (unpaired) electrons. The molecule has 0 atom stereocenters. The molecule has 0 aromatic heterocycles. The molecule has 0 heterocycles. The Bertz CT molecular complexity index is 54.3. The summed E-state index contributed by atoms with van der Waals surface area (Å²) < 4.78 is 22.4. The van der Waals surface area contributed by atoms with E-state index in [0.717, 1.165) is 0 Å². The van der Waals surface area contributed by atoms with Crippen molar-refractivity contribution in [3.8, 4) is 0 Å². The number of rotatable bonds is 1. The van der Waals surface area contributed by atoms with Crippen LogP contribution in [0, 0.1) is 6.58 Å². The Morgan fingerprint density at radius 3 is 1.83 bits per heavy atom. The van der Waals surface area contributed by atoms with Gasteiger partial charge in [-0.25, -0.2) is 0 Å². The highest BCUT2D eigenvalue weighted by Crippen LogP contribution is 2.21. The fraction of sp³-hybridized carbons (Fsp3) is 0.333. The molecule has 0 spiro atoms. The molecule has 0 amide bonds. The van der Waals surface area contributed by atoms with Crippen molar-refractivity contribution in [1.29, 1.82) is 0 Å². The standard InChI is InChI=1S/C3H2BrF2/c1-2-3(4,5)6/h1-2H/q+1. The van der Waals surface area contributed by atoms with Crippen molar-refractivity contribution in [2.24, 2.45) is 0 Å². The predicted molar refractivity (Wildman–Crippen MR) is 22.7 cm³/mol. The number of allylic oxidation sites excluding steroid dienone is 1. The lowest BCUT2D eigenvalue weighted by atomic mass is 10.7. The Morgan fingerprint density at radius 1 is 1.67 bits per heavy atom. The molecule has 0 bridgehead atoms. The lowest BCUT2D eigenvalue weighted by molar-refractivity contribution is 0.171. The second kappa shape index (κ2) is 1.63. The minimum atomic E-state index is -2.99. The average Bonchev–Trinajstić information content (AvgIpc) is 1.35. The van der Waals surface area contributed by atoms with Crippen molar-refractivity contribution in [3.05, 3.63) is 12.7 Å². The van der Waals surface area contributed by atoms with Crippen LogP contribution < -0.4 is 0 Å². The lowest BCUT2D eigenvalue weighted by Gasteiger charge is -1.88. The summed E-state index contributed by atoms with van der Waals surface area (Å²) in [5.74, 6) is 0. The highest BCUT2D eigenvalue weighted by Gasteiger charge is 2.22. The fourth-order valence-corrected chi connectivity index (χ4v) is 0. The summed E-state index contributed by atoms with van der Waals surface area (Å²) in [6.07, 6.45) is 0.271. The first-order chi connectivity index (χ1) is 2.56. The zero-order valence-electron chi connectivity index (χ0n) is 2.79. The van der Waals surface area contributed by atoms with Gasteiger partial charge in [0, 0.05) is 15.9 Å². The number of hydrogen-bond donors (Lipinski definition) is 0. The van der Waals surface area contributed by atoms with E-state index in [1.54, 1.807) is 0 Å². The fourth-order valence-electron chi connectivity index (χ4n) is 0. The van der Waals surface area contributed by atoms with Crippen LogP contribution in [0.5, 0.6) is 0 Å². The zero-order valence-corrected chi connectivity index (χ0v) is 4.37. The van der Waals surface area contributed by atoms with Crippen LogP contribution >= 0.6 is 15.9 Å². The Kier molecular flexibility index (Phi) is 1.62. The summed E-state index contributed by atoms with van der Waals surface area (Å²) in [4.78, 5) is -2.99. The van der Waals surface area contributed by atoms with E-state index in [4.69, 9.17) is 0 Å². The van der Waals surface area contributed by atoms with E-state index in [1.165, 1.54) is 0 Å². The topological polar surface area (TPSA) is 0 Å². The quantitative estimate of drug-likeness (QED) is 0.402. The first-order valence-electron chi connectivity index (χ1n) is 1.19. The molecule has 3 heteroatoms. The van der Waals surface area contributed by atoms with Gasteiger partial charge in [-0.1, -0.05) is 0 Å². The summed E-state index contributed by atoms with van der Waals surface area (Å²) in [7, 11) is 0. The van der Waals surface area contributed by atoms with E-state index in [9.17, 15) is 8.78 Å². The Labute approximate surface area is 43.0 Å². The third-order valence-electron chi connectivity index (χ3n) is 0.189. The van der Waals surface area contributed by atoms with Crippen LogP contribution in [0.3, 0.4) is 0 Å². The summed E-state index contributed by atoms with van der Waals surface area (Å²) in [6, 6.07) is 0. The van der Waals surface area contributed by atoms with E-state index in [2.05, 4.69) is 6.58 Å². The second-order valence-corrected chi connectivity index (χ2v) is 1.77. The molecule has 0 aliphatic rings. The van der Waals surface area contributed by atoms with Gasteiger partial charge in [0.15, 0.2) is 0 Å². The summed E-state index contributed by atoms with van der Waals surface area (Å²) in [5.41, 5.74) is 0. The van der Waals surface area contributed by atoms with Crippen LogP contribution in [0.4, 0.5) is 8.78 Å². The minimum absolute atomic E-state index is 0.271. The monoisotopic (exact) mass is 155 g/mol. The Balaban J connectivity index is 3.45. The van der Waals surface area contributed by atoms with Crippen molar-refractivity contribution >= 4 is 15.9 Å². The maximum absolute atomic E-state index is 11.2. The molecular formula is C3H2BrF2+. The molecule has 0 unspecified atom stereocenters. The van der Waals surface area contributed by atoms with Crippen molar-refractivity contribution in [1.82, 2.24) is 0 Å². The molecule has 0 nitrogen and oxygen atoms in total. The van der Waals surface area contributed by atoms with Gasteiger partial charge in [0.25, 0.3) is 0 Å². The van der Waals surface area contributed by atoms with Crippen molar-refractivity contribution in [2.45, 2.75) is 4.83 Å². The summed E-state index contributed by atoms with van der Waals surface area (Å²) in [5, 5.41) is 0. The maximum Gasteiger partial charge on any atom is 0.366 e. The first kappa shape index (κ1) is 5.99. The van der Waals surface area contributed by atoms with Crippen LogP contribution in [0.1, 0.15) is 0 Å². The first-order valence-corrected chi connectivity index (χ1v) is 1.98. The molecule has 0 saturated heterocycles. The van der Waals surface area contributed by atoms with Crippen molar-refractivity contribution < 1.29 is 8.78 Å². The van der Waals surface area contributed by atoms with Gasteiger partial charge in [0.05, 0.1) is 0 Å². The molecule has 0 aliphatic carbocycles. The van der Waals surface area contributed by atoms with Gasteiger partial charge in [-0.05, 0) is 0 Å². The molecule has 34 valence electrons. The van der Waals surface area contributed by atoms with Gasteiger partial charge in [-0.2, -0.15) is 8.78 Å². The molecule has 0 rings (SSSR count). The van der Waals surface area contributed by atoms with Crippen molar-refractivity contribution in [3.63, 3.8) is 0 Å².